The van der Waals surface area contributed by atoms with Crippen LogP contribution in [0.4, 0.5) is 0 Å². The van der Waals surface area contributed by atoms with Crippen molar-refractivity contribution in [3.8, 4) is 0 Å². The molecule has 2 aliphatic carbocycles. The predicted octanol–water partition coefficient (Wildman–Crippen LogP) is 2.67. The van der Waals surface area contributed by atoms with Crippen molar-refractivity contribution in [2.75, 3.05) is 5.75 Å². The molecule has 5 nitrogen and oxygen atoms in total. The fraction of sp³-hybridized carbons (Fsp3) is 0.500. The van der Waals surface area contributed by atoms with Gasteiger partial charge in [0.1, 0.15) is 0 Å². The van der Waals surface area contributed by atoms with E-state index in [-0.39, 0.29) is 17.1 Å². The van der Waals surface area contributed by atoms with Gasteiger partial charge in [-0.05, 0) is 30.4 Å². The standard InChI is InChI=1S/C16H18N2O3S/c1-15(2)10-7-8-16(15,9-22(19,20)21)14-13(10)17-11-5-3-4-6-12(11)18-14/h3-6,10H,7-9H2,1-2H3,(H,19,20,21)/t10-,16+/m1/s1. The maximum atomic E-state index is 11.6. The maximum absolute atomic E-state index is 11.6. The highest BCUT2D eigenvalue weighted by molar-refractivity contribution is 7.85. The van der Waals surface area contributed by atoms with Gasteiger partial charge in [-0.15, -0.1) is 0 Å². The van der Waals surface area contributed by atoms with Gasteiger partial charge in [0.2, 0.25) is 0 Å². The SMILES string of the molecule is CC1(C)[C@@H]2CC[C@]1(CS(=O)(=O)O)c1nc3ccccc3nc12. The van der Waals surface area contributed by atoms with Crippen LogP contribution >= 0.6 is 0 Å². The zero-order valence-corrected chi connectivity index (χ0v) is 13.4. The minimum Gasteiger partial charge on any atom is -0.286 e. The molecule has 1 N–H and O–H groups in total. The lowest BCUT2D eigenvalue weighted by atomic mass is 9.70. The van der Waals surface area contributed by atoms with E-state index < -0.39 is 15.5 Å². The molecule has 0 saturated heterocycles. The first-order valence-corrected chi connectivity index (χ1v) is 9.08. The molecule has 0 amide bonds. The topological polar surface area (TPSA) is 80.2 Å². The third kappa shape index (κ3) is 1.65. The van der Waals surface area contributed by atoms with Gasteiger partial charge in [0.15, 0.2) is 0 Å². The Balaban J connectivity index is 2.02. The van der Waals surface area contributed by atoms with E-state index in [4.69, 9.17) is 9.97 Å². The van der Waals surface area contributed by atoms with Gasteiger partial charge in [0.25, 0.3) is 10.1 Å². The fourth-order valence-corrected chi connectivity index (χ4v) is 5.83. The van der Waals surface area contributed by atoms with E-state index in [0.29, 0.717) is 0 Å². The molecule has 0 aliphatic heterocycles. The van der Waals surface area contributed by atoms with E-state index in [1.807, 2.05) is 24.3 Å². The Morgan fingerprint density at radius 2 is 1.86 bits per heavy atom. The van der Waals surface area contributed by atoms with E-state index in [0.717, 1.165) is 35.3 Å². The second-order valence-electron chi connectivity index (χ2n) is 7.07. The van der Waals surface area contributed by atoms with Crippen LogP contribution < -0.4 is 0 Å². The first-order valence-electron chi connectivity index (χ1n) is 7.47. The summed E-state index contributed by atoms with van der Waals surface area (Å²) in [4.78, 5) is 9.52. The van der Waals surface area contributed by atoms with Gasteiger partial charge in [-0.25, -0.2) is 9.97 Å². The second-order valence-corrected chi connectivity index (χ2v) is 8.52. The number of hydrogen-bond acceptors (Lipinski definition) is 4. The number of nitrogens with zero attached hydrogens (tertiary/aromatic N) is 2. The molecule has 0 unspecified atom stereocenters. The highest BCUT2D eigenvalue weighted by Gasteiger charge is 2.65. The van der Waals surface area contributed by atoms with Gasteiger partial charge >= 0.3 is 0 Å². The summed E-state index contributed by atoms with van der Waals surface area (Å²) >= 11 is 0. The van der Waals surface area contributed by atoms with Crippen molar-refractivity contribution >= 4 is 21.2 Å². The lowest BCUT2D eigenvalue weighted by molar-refractivity contribution is 0.226. The largest absolute Gasteiger partial charge is 0.286 e. The van der Waals surface area contributed by atoms with Crippen molar-refractivity contribution in [1.82, 2.24) is 9.97 Å². The van der Waals surface area contributed by atoms with Crippen molar-refractivity contribution < 1.29 is 13.0 Å². The first-order chi connectivity index (χ1) is 10.2. The average Bonchev–Trinajstić information content (AvgIpc) is 2.76. The molecule has 1 aromatic carbocycles. The molecule has 2 bridgehead atoms. The van der Waals surface area contributed by atoms with Crippen molar-refractivity contribution in [3.63, 3.8) is 0 Å². The minimum absolute atomic E-state index is 0.196. The van der Waals surface area contributed by atoms with Gasteiger partial charge in [0.05, 0.1) is 28.2 Å². The van der Waals surface area contributed by atoms with Crippen LogP contribution in [0.1, 0.15) is 44.0 Å². The van der Waals surface area contributed by atoms with Gasteiger partial charge < -0.3 is 0 Å². The monoisotopic (exact) mass is 318 g/mol. The second kappa shape index (κ2) is 4.06. The third-order valence-corrected chi connectivity index (χ3v) is 6.63. The van der Waals surface area contributed by atoms with E-state index in [1.54, 1.807) is 0 Å². The van der Waals surface area contributed by atoms with Crippen LogP contribution in [0.5, 0.6) is 0 Å². The Kier molecular flexibility index (Phi) is 2.60. The van der Waals surface area contributed by atoms with Crippen LogP contribution in [-0.4, -0.2) is 28.7 Å². The number of aromatic nitrogens is 2. The number of benzene rings is 1. The molecular weight excluding hydrogens is 300 g/mol. The Bertz CT molecular complexity index is 891. The van der Waals surface area contributed by atoms with Crippen LogP contribution in [0.15, 0.2) is 24.3 Å². The maximum Gasteiger partial charge on any atom is 0.265 e. The Morgan fingerprint density at radius 1 is 1.23 bits per heavy atom. The third-order valence-electron chi connectivity index (χ3n) is 5.77. The van der Waals surface area contributed by atoms with Crippen LogP contribution in [0.2, 0.25) is 0 Å². The summed E-state index contributed by atoms with van der Waals surface area (Å²) in [6.07, 6.45) is 1.62. The zero-order chi connectivity index (χ0) is 15.8. The van der Waals surface area contributed by atoms with E-state index in [1.165, 1.54) is 0 Å². The summed E-state index contributed by atoms with van der Waals surface area (Å²) in [5.74, 6) is -0.0786. The van der Waals surface area contributed by atoms with Crippen LogP contribution in [-0.2, 0) is 15.5 Å². The molecule has 116 valence electrons. The number of hydrogen-bond donors (Lipinski definition) is 1. The molecule has 2 atom stereocenters. The van der Waals surface area contributed by atoms with Crippen LogP contribution in [0.25, 0.3) is 11.0 Å². The molecule has 4 rings (SSSR count). The lowest BCUT2D eigenvalue weighted by Gasteiger charge is -2.36. The molecule has 1 heterocycles. The Hall–Kier alpha value is -1.53. The number of fused-ring (bicyclic) bond motifs is 6. The lowest BCUT2D eigenvalue weighted by Crippen LogP contribution is -2.41. The number of para-hydroxylation sites is 2. The molecule has 6 heteroatoms. The Morgan fingerprint density at radius 3 is 2.50 bits per heavy atom. The molecule has 0 radical (unpaired) electrons. The van der Waals surface area contributed by atoms with Gasteiger partial charge in [-0.3, -0.25) is 4.55 Å². The zero-order valence-electron chi connectivity index (χ0n) is 12.6. The van der Waals surface area contributed by atoms with Gasteiger partial charge in [-0.1, -0.05) is 26.0 Å². The van der Waals surface area contributed by atoms with Crippen molar-refractivity contribution in [2.24, 2.45) is 5.41 Å². The smallest absolute Gasteiger partial charge is 0.265 e. The summed E-state index contributed by atoms with van der Waals surface area (Å²) in [6.45, 7) is 4.15. The molecular formula is C16H18N2O3S. The highest BCUT2D eigenvalue weighted by Crippen LogP contribution is 2.67. The Labute approximate surface area is 129 Å². The summed E-state index contributed by atoms with van der Waals surface area (Å²) in [6, 6.07) is 7.65. The minimum atomic E-state index is -4.09. The van der Waals surface area contributed by atoms with Crippen LogP contribution in [0, 0.1) is 5.41 Å². The summed E-state index contributed by atoms with van der Waals surface area (Å²) < 4.78 is 32.8. The molecule has 2 aliphatic rings. The molecule has 1 saturated carbocycles. The highest BCUT2D eigenvalue weighted by atomic mass is 32.2. The predicted molar refractivity (Wildman–Crippen MR) is 83.4 cm³/mol. The average molecular weight is 318 g/mol. The van der Waals surface area contributed by atoms with Gasteiger partial charge in [-0.2, -0.15) is 8.42 Å². The molecule has 22 heavy (non-hydrogen) atoms. The molecule has 1 fully saturated rings. The van der Waals surface area contributed by atoms with Crippen molar-refractivity contribution in [3.05, 3.63) is 35.7 Å². The van der Waals surface area contributed by atoms with Crippen molar-refractivity contribution in [1.29, 1.82) is 0 Å². The number of rotatable bonds is 2. The van der Waals surface area contributed by atoms with Crippen molar-refractivity contribution in [2.45, 2.75) is 38.0 Å². The van der Waals surface area contributed by atoms with E-state index in [2.05, 4.69) is 13.8 Å². The fourth-order valence-electron chi connectivity index (χ4n) is 4.56. The quantitative estimate of drug-likeness (QED) is 0.861. The van der Waals surface area contributed by atoms with E-state index in [9.17, 15) is 13.0 Å². The summed E-state index contributed by atoms with van der Waals surface area (Å²) in [5.41, 5.74) is 2.38. The molecule has 1 aromatic heterocycles. The molecule has 2 aromatic rings. The molecule has 0 spiro atoms. The van der Waals surface area contributed by atoms with E-state index >= 15 is 0 Å². The normalized spacial score (nSPS) is 29.0. The van der Waals surface area contributed by atoms with Crippen LogP contribution in [0.3, 0.4) is 0 Å². The summed E-state index contributed by atoms with van der Waals surface area (Å²) in [7, 11) is -4.09. The van der Waals surface area contributed by atoms with Gasteiger partial charge in [0, 0.05) is 11.3 Å². The first kappa shape index (κ1) is 14.1. The summed E-state index contributed by atoms with van der Waals surface area (Å²) in [5, 5.41) is 0.